The molecule has 0 atom stereocenters. The smallest absolute Gasteiger partial charge is 0.277 e. The number of aromatic nitrogens is 4. The lowest BCUT2D eigenvalue weighted by Crippen LogP contribution is -2.51. The molecule has 0 unspecified atom stereocenters. The van der Waals surface area contributed by atoms with E-state index < -0.39 is 10.0 Å². The van der Waals surface area contributed by atoms with Gasteiger partial charge in [0, 0.05) is 33.2 Å². The van der Waals surface area contributed by atoms with Crippen LogP contribution in [0.25, 0.3) is 22.4 Å². The lowest BCUT2D eigenvalue weighted by Gasteiger charge is -2.34. The molecular formula is C22H29N7O4S2. The van der Waals surface area contributed by atoms with E-state index in [9.17, 15) is 13.2 Å². The van der Waals surface area contributed by atoms with Crippen LogP contribution in [0.15, 0.2) is 27.9 Å². The average molecular weight is 520 g/mol. The van der Waals surface area contributed by atoms with Crippen molar-refractivity contribution in [1.29, 1.82) is 0 Å². The molecule has 0 bridgehead atoms. The predicted octanol–water partition coefficient (Wildman–Crippen LogP) is 1.22. The number of benzene rings is 1. The fourth-order valence-electron chi connectivity index (χ4n) is 4.21. The Balaban J connectivity index is 1.80. The van der Waals surface area contributed by atoms with Crippen molar-refractivity contribution >= 4 is 38.4 Å². The highest BCUT2D eigenvalue weighted by molar-refractivity contribution is 7.89. The number of hydrogen-bond donors (Lipinski definition) is 2. The van der Waals surface area contributed by atoms with E-state index in [0.29, 0.717) is 48.5 Å². The van der Waals surface area contributed by atoms with Crippen LogP contribution in [0.5, 0.6) is 5.75 Å². The predicted molar refractivity (Wildman–Crippen MR) is 137 cm³/mol. The Bertz CT molecular complexity index is 1420. The van der Waals surface area contributed by atoms with Gasteiger partial charge in [-0.3, -0.25) is 9.48 Å². The van der Waals surface area contributed by atoms with Crippen molar-refractivity contribution < 1.29 is 13.2 Å². The number of nitrogens with two attached hydrogens (primary N) is 1. The number of nitrogens with one attached hydrogen (secondary N) is 1. The van der Waals surface area contributed by atoms with Crippen molar-refractivity contribution in [1.82, 2.24) is 29.0 Å². The van der Waals surface area contributed by atoms with Gasteiger partial charge in [0.25, 0.3) is 5.56 Å². The highest BCUT2D eigenvalue weighted by Crippen LogP contribution is 2.32. The van der Waals surface area contributed by atoms with E-state index in [-0.39, 0.29) is 34.5 Å². The number of piperazine rings is 1. The molecule has 1 saturated heterocycles. The summed E-state index contributed by atoms with van der Waals surface area (Å²) < 4.78 is 35.5. The second-order valence-corrected chi connectivity index (χ2v) is 10.6. The number of aromatic amines is 1. The summed E-state index contributed by atoms with van der Waals surface area (Å²) >= 11 is 5.00. The number of aryl methyl sites for hydroxylation is 2. The zero-order chi connectivity index (χ0) is 25.3. The fourth-order valence-corrected chi connectivity index (χ4v) is 5.85. The number of fused-ring (bicyclic) bond motifs is 1. The molecule has 1 fully saturated rings. The zero-order valence-electron chi connectivity index (χ0n) is 19.9. The third-order valence-corrected chi connectivity index (χ3v) is 8.10. The minimum Gasteiger partial charge on any atom is -0.493 e. The molecule has 11 nitrogen and oxygen atoms in total. The SMILES string of the molecule is CCCc1nn(C)c2c(=O)[nH]c(-c3cc(S(=O)(=O)N4CCN(C(N)=S)CC4)ccc3OCC)nc12. The maximum Gasteiger partial charge on any atom is 0.277 e. The van der Waals surface area contributed by atoms with Crippen LogP contribution in [0.1, 0.15) is 26.0 Å². The molecule has 1 aromatic carbocycles. The summed E-state index contributed by atoms with van der Waals surface area (Å²) in [5.74, 6) is 0.653. The molecule has 0 saturated carbocycles. The molecule has 4 rings (SSSR count). The quantitative estimate of drug-likeness (QED) is 0.441. The molecule has 0 amide bonds. The number of hydrogen-bond acceptors (Lipinski definition) is 7. The van der Waals surface area contributed by atoms with E-state index in [1.165, 1.54) is 21.1 Å². The van der Waals surface area contributed by atoms with E-state index in [1.54, 1.807) is 18.0 Å². The maximum absolute atomic E-state index is 13.4. The van der Waals surface area contributed by atoms with Crippen LogP contribution in [0.3, 0.4) is 0 Å². The molecule has 188 valence electrons. The van der Waals surface area contributed by atoms with Gasteiger partial charge < -0.3 is 20.4 Å². The first-order valence-electron chi connectivity index (χ1n) is 11.4. The minimum atomic E-state index is -3.81. The number of thiocarbonyl (C=S) groups is 1. The van der Waals surface area contributed by atoms with Crippen molar-refractivity contribution in [3.63, 3.8) is 0 Å². The molecule has 1 aliphatic rings. The largest absolute Gasteiger partial charge is 0.493 e. The third kappa shape index (κ3) is 4.75. The molecule has 3 N–H and O–H groups in total. The lowest BCUT2D eigenvalue weighted by atomic mass is 10.1. The number of nitrogens with zero attached hydrogens (tertiary/aromatic N) is 5. The van der Waals surface area contributed by atoms with Crippen LogP contribution >= 0.6 is 12.2 Å². The van der Waals surface area contributed by atoms with Crippen LogP contribution in [-0.4, -0.2) is 75.3 Å². The standard InChI is InChI=1S/C22H29N7O4S2/c1-4-6-16-18-19(27(3)26-16)21(30)25-20(24-18)15-13-14(7-8-17(15)33-5-2)35(31,32)29-11-9-28(10-12-29)22(23)34/h7-8,13H,4-6,9-12H2,1-3H3,(H2,23,34)(H,24,25,30). The van der Waals surface area contributed by atoms with Crippen molar-refractivity contribution in [3.05, 3.63) is 34.2 Å². The molecule has 0 aliphatic carbocycles. The van der Waals surface area contributed by atoms with Crippen LogP contribution in [0.4, 0.5) is 0 Å². The van der Waals surface area contributed by atoms with Gasteiger partial charge in [-0.1, -0.05) is 13.3 Å². The highest BCUT2D eigenvalue weighted by atomic mass is 32.2. The van der Waals surface area contributed by atoms with Gasteiger partial charge in [-0.05, 0) is 43.8 Å². The summed E-state index contributed by atoms with van der Waals surface area (Å²) in [5, 5.41) is 4.71. The van der Waals surface area contributed by atoms with Gasteiger partial charge >= 0.3 is 0 Å². The Morgan fingerprint density at radius 3 is 2.57 bits per heavy atom. The van der Waals surface area contributed by atoms with Crippen LogP contribution < -0.4 is 16.0 Å². The average Bonchev–Trinajstić information content (AvgIpc) is 3.15. The summed E-state index contributed by atoms with van der Waals surface area (Å²) in [7, 11) is -2.11. The number of ether oxygens (including phenoxy) is 1. The zero-order valence-corrected chi connectivity index (χ0v) is 21.6. The molecule has 0 radical (unpaired) electrons. The van der Waals surface area contributed by atoms with Gasteiger partial charge in [0.1, 0.15) is 17.1 Å². The Kier molecular flexibility index (Phi) is 7.10. The van der Waals surface area contributed by atoms with Gasteiger partial charge in [0.15, 0.2) is 10.6 Å². The van der Waals surface area contributed by atoms with Gasteiger partial charge in [-0.2, -0.15) is 9.40 Å². The van der Waals surface area contributed by atoms with Crippen molar-refractivity contribution in [3.8, 4) is 17.1 Å². The maximum atomic E-state index is 13.4. The molecular weight excluding hydrogens is 490 g/mol. The Morgan fingerprint density at radius 1 is 1.23 bits per heavy atom. The number of sulfonamides is 1. The Morgan fingerprint density at radius 2 is 1.94 bits per heavy atom. The third-order valence-electron chi connectivity index (χ3n) is 5.94. The van der Waals surface area contributed by atoms with Gasteiger partial charge in [0.2, 0.25) is 10.0 Å². The van der Waals surface area contributed by atoms with E-state index in [0.717, 1.165) is 12.1 Å². The minimum absolute atomic E-state index is 0.0856. The fraction of sp³-hybridized carbons (Fsp3) is 0.455. The van der Waals surface area contributed by atoms with Crippen molar-refractivity contribution in [2.45, 2.75) is 31.6 Å². The summed E-state index contributed by atoms with van der Waals surface area (Å²) in [6, 6.07) is 4.60. The molecule has 3 heterocycles. The van der Waals surface area contributed by atoms with Crippen LogP contribution in [0.2, 0.25) is 0 Å². The highest BCUT2D eigenvalue weighted by Gasteiger charge is 2.30. The molecule has 35 heavy (non-hydrogen) atoms. The van der Waals surface area contributed by atoms with E-state index in [2.05, 4.69) is 10.1 Å². The van der Waals surface area contributed by atoms with Gasteiger partial charge in [-0.15, -0.1) is 0 Å². The Hall–Kier alpha value is -3.03. The van der Waals surface area contributed by atoms with E-state index in [4.69, 9.17) is 27.7 Å². The molecule has 1 aliphatic heterocycles. The van der Waals surface area contributed by atoms with Crippen molar-refractivity contribution in [2.24, 2.45) is 12.8 Å². The van der Waals surface area contributed by atoms with Crippen LogP contribution in [-0.2, 0) is 23.5 Å². The monoisotopic (exact) mass is 519 g/mol. The molecule has 13 heteroatoms. The number of H-pyrrole nitrogens is 1. The van der Waals surface area contributed by atoms with E-state index in [1.807, 2.05) is 13.8 Å². The first-order chi connectivity index (χ1) is 16.7. The summed E-state index contributed by atoms with van der Waals surface area (Å²) in [6.07, 6.45) is 1.51. The van der Waals surface area contributed by atoms with Gasteiger partial charge in [0.05, 0.1) is 22.8 Å². The second kappa shape index (κ2) is 9.91. The normalized spacial score (nSPS) is 15.0. The topological polar surface area (TPSA) is 139 Å². The molecule has 0 spiro atoms. The summed E-state index contributed by atoms with van der Waals surface area (Å²) in [5.41, 5.74) is 7.30. The Labute approximate surface area is 208 Å². The molecule has 3 aromatic rings. The summed E-state index contributed by atoms with van der Waals surface area (Å²) in [6.45, 7) is 5.59. The van der Waals surface area contributed by atoms with Crippen LogP contribution in [0, 0.1) is 0 Å². The van der Waals surface area contributed by atoms with Crippen molar-refractivity contribution in [2.75, 3.05) is 32.8 Å². The second-order valence-electron chi connectivity index (χ2n) is 8.25. The lowest BCUT2D eigenvalue weighted by molar-refractivity contribution is 0.267. The van der Waals surface area contributed by atoms with Gasteiger partial charge in [-0.25, -0.2) is 13.4 Å². The number of rotatable bonds is 7. The molecule has 2 aromatic heterocycles. The first kappa shape index (κ1) is 25.1. The van der Waals surface area contributed by atoms with E-state index >= 15 is 0 Å². The first-order valence-corrected chi connectivity index (χ1v) is 13.3. The summed E-state index contributed by atoms with van der Waals surface area (Å²) in [4.78, 5) is 22.3.